The van der Waals surface area contributed by atoms with Gasteiger partial charge in [-0.15, -0.1) is 5.10 Å². The number of furan rings is 1. The van der Waals surface area contributed by atoms with Crippen molar-refractivity contribution in [3.8, 4) is 22.7 Å². The maximum Gasteiger partial charge on any atom is 0.231 e. The molecule has 0 unspecified atom stereocenters. The van der Waals surface area contributed by atoms with Gasteiger partial charge in [-0.3, -0.25) is 0 Å². The third kappa shape index (κ3) is 2.28. The van der Waals surface area contributed by atoms with Gasteiger partial charge in [0.15, 0.2) is 11.5 Å². The Morgan fingerprint density at radius 3 is 2.60 bits per heavy atom. The van der Waals surface area contributed by atoms with Crippen molar-refractivity contribution >= 4 is 28.3 Å². The fourth-order valence-corrected chi connectivity index (χ4v) is 3.05. The summed E-state index contributed by atoms with van der Waals surface area (Å²) in [7, 11) is 0. The van der Waals surface area contributed by atoms with Gasteiger partial charge in [0.2, 0.25) is 5.71 Å². The molecule has 0 aliphatic rings. The van der Waals surface area contributed by atoms with Crippen LogP contribution in [0.2, 0.25) is 5.02 Å². The summed E-state index contributed by atoms with van der Waals surface area (Å²) in [5.74, 6) is 1.31. The Balaban J connectivity index is 1.73. The molecule has 2 aromatic carbocycles. The second-order valence-corrected chi connectivity index (χ2v) is 6.03. The van der Waals surface area contributed by atoms with Crippen molar-refractivity contribution in [3.63, 3.8) is 0 Å². The molecule has 6 heteroatoms. The maximum atomic E-state index is 6.27. The minimum atomic E-state index is 0.532. The van der Waals surface area contributed by atoms with Crippen molar-refractivity contribution in [3.05, 3.63) is 72.0 Å². The summed E-state index contributed by atoms with van der Waals surface area (Å²) in [6.07, 6.45) is 1.60. The summed E-state index contributed by atoms with van der Waals surface area (Å²) in [6, 6.07) is 19.3. The topological polar surface area (TPSA) is 56.2 Å². The molecule has 5 rings (SSSR count). The number of benzene rings is 2. The van der Waals surface area contributed by atoms with Crippen LogP contribution in [0.25, 0.3) is 39.5 Å². The first-order chi connectivity index (χ1) is 12.3. The molecule has 0 radical (unpaired) electrons. The quantitative estimate of drug-likeness (QED) is 0.458. The molecule has 0 saturated heterocycles. The molecular weight excluding hydrogens is 336 g/mol. The van der Waals surface area contributed by atoms with Crippen LogP contribution in [0.1, 0.15) is 0 Å². The first kappa shape index (κ1) is 14.2. The minimum Gasteiger partial charge on any atom is -0.438 e. The van der Waals surface area contributed by atoms with Crippen LogP contribution < -0.4 is 0 Å². The normalized spacial score (nSPS) is 11.4. The van der Waals surface area contributed by atoms with E-state index in [9.17, 15) is 0 Å². The smallest absolute Gasteiger partial charge is 0.231 e. The van der Waals surface area contributed by atoms with Crippen LogP contribution >= 0.6 is 11.6 Å². The lowest BCUT2D eigenvalue weighted by Gasteiger charge is -1.96. The van der Waals surface area contributed by atoms with E-state index in [-0.39, 0.29) is 0 Å². The first-order valence-electron chi connectivity index (χ1n) is 7.75. The standard InChI is InChI=1S/C19H11ClN4O/c20-15-9-5-4-8-13(15)17-22-18-14-10-16(12-6-2-1-3-7-12)25-19(14)21-11-24(18)23-17/h1-11H. The second-order valence-electron chi connectivity index (χ2n) is 5.62. The summed E-state index contributed by atoms with van der Waals surface area (Å²) in [5.41, 5.74) is 2.99. The fourth-order valence-electron chi connectivity index (χ4n) is 2.83. The van der Waals surface area contributed by atoms with Crippen molar-refractivity contribution in [2.45, 2.75) is 0 Å². The molecule has 0 amide bonds. The second kappa shape index (κ2) is 5.43. The predicted molar refractivity (Wildman–Crippen MR) is 96.4 cm³/mol. The summed E-state index contributed by atoms with van der Waals surface area (Å²) in [4.78, 5) is 8.99. The average molecular weight is 347 g/mol. The highest BCUT2D eigenvalue weighted by Gasteiger charge is 2.15. The van der Waals surface area contributed by atoms with Crippen molar-refractivity contribution < 1.29 is 4.42 Å². The molecule has 0 N–H and O–H groups in total. The van der Waals surface area contributed by atoms with E-state index in [0.717, 1.165) is 22.3 Å². The van der Waals surface area contributed by atoms with Crippen molar-refractivity contribution in [1.29, 1.82) is 0 Å². The highest BCUT2D eigenvalue weighted by Crippen LogP contribution is 2.30. The summed E-state index contributed by atoms with van der Waals surface area (Å²) >= 11 is 6.27. The summed E-state index contributed by atoms with van der Waals surface area (Å²) < 4.78 is 7.53. The van der Waals surface area contributed by atoms with E-state index in [4.69, 9.17) is 16.0 Å². The van der Waals surface area contributed by atoms with Gasteiger partial charge in [0.05, 0.1) is 10.4 Å². The third-order valence-electron chi connectivity index (χ3n) is 4.04. The molecule has 0 atom stereocenters. The number of nitrogens with zero attached hydrogens (tertiary/aromatic N) is 4. The van der Waals surface area contributed by atoms with Crippen LogP contribution in [0.15, 0.2) is 71.4 Å². The van der Waals surface area contributed by atoms with Crippen LogP contribution in [-0.4, -0.2) is 19.6 Å². The molecule has 3 aromatic heterocycles. The van der Waals surface area contributed by atoms with Gasteiger partial charge in [-0.2, -0.15) is 0 Å². The Kier molecular flexibility index (Phi) is 3.08. The Labute approximate surface area is 147 Å². The molecule has 0 spiro atoms. The van der Waals surface area contributed by atoms with Crippen molar-refractivity contribution in [2.75, 3.05) is 0 Å². The first-order valence-corrected chi connectivity index (χ1v) is 8.13. The number of halogens is 1. The van der Waals surface area contributed by atoms with Crippen molar-refractivity contribution in [1.82, 2.24) is 19.6 Å². The van der Waals surface area contributed by atoms with E-state index in [1.54, 1.807) is 10.8 Å². The zero-order valence-corrected chi connectivity index (χ0v) is 13.7. The Morgan fingerprint density at radius 2 is 1.76 bits per heavy atom. The van der Waals surface area contributed by atoms with E-state index in [1.165, 1.54) is 0 Å². The van der Waals surface area contributed by atoms with Gasteiger partial charge < -0.3 is 4.42 Å². The number of hydrogen-bond donors (Lipinski definition) is 0. The largest absolute Gasteiger partial charge is 0.438 e. The zero-order chi connectivity index (χ0) is 16.8. The lowest BCUT2D eigenvalue weighted by atomic mass is 10.2. The Hall–Kier alpha value is -3.18. The molecule has 120 valence electrons. The number of rotatable bonds is 2. The third-order valence-corrected chi connectivity index (χ3v) is 4.37. The average Bonchev–Trinajstić information content (AvgIpc) is 3.26. The number of aromatic nitrogens is 4. The van der Waals surface area contributed by atoms with Gasteiger partial charge in [-0.05, 0) is 18.2 Å². The SMILES string of the molecule is Clc1ccccc1-c1nc2c3cc(-c4ccccc4)oc3ncn2n1. The van der Waals surface area contributed by atoms with Crippen molar-refractivity contribution in [2.24, 2.45) is 0 Å². The molecule has 3 heterocycles. The summed E-state index contributed by atoms with van der Waals surface area (Å²) in [6.45, 7) is 0. The van der Waals surface area contributed by atoms with Gasteiger partial charge in [-0.25, -0.2) is 14.5 Å². The summed E-state index contributed by atoms with van der Waals surface area (Å²) in [5, 5.41) is 5.92. The molecular formula is C19H11ClN4O. The van der Waals surface area contributed by atoms with Gasteiger partial charge in [0.1, 0.15) is 12.1 Å². The molecule has 0 bridgehead atoms. The molecule has 0 saturated carbocycles. The Morgan fingerprint density at radius 1 is 0.960 bits per heavy atom. The molecule has 0 aliphatic carbocycles. The molecule has 25 heavy (non-hydrogen) atoms. The number of fused-ring (bicyclic) bond motifs is 3. The molecule has 0 fully saturated rings. The fraction of sp³-hybridized carbons (Fsp3) is 0. The van der Waals surface area contributed by atoms with E-state index in [2.05, 4.69) is 15.1 Å². The predicted octanol–water partition coefficient (Wildman–Crippen LogP) is 4.86. The van der Waals surface area contributed by atoms with Gasteiger partial charge >= 0.3 is 0 Å². The Bertz CT molecular complexity index is 1210. The number of hydrogen-bond acceptors (Lipinski definition) is 4. The van der Waals surface area contributed by atoms with Crippen LogP contribution in [0.3, 0.4) is 0 Å². The molecule has 5 nitrogen and oxygen atoms in total. The van der Waals surface area contributed by atoms with Crippen LogP contribution in [0.5, 0.6) is 0 Å². The highest BCUT2D eigenvalue weighted by molar-refractivity contribution is 6.33. The monoisotopic (exact) mass is 346 g/mol. The zero-order valence-electron chi connectivity index (χ0n) is 12.9. The van der Waals surface area contributed by atoms with Gasteiger partial charge in [-0.1, -0.05) is 54.1 Å². The lowest BCUT2D eigenvalue weighted by molar-refractivity contribution is 0.616. The van der Waals surface area contributed by atoms with E-state index in [1.807, 2.05) is 60.7 Å². The van der Waals surface area contributed by atoms with Crippen LogP contribution in [-0.2, 0) is 0 Å². The van der Waals surface area contributed by atoms with Crippen LogP contribution in [0.4, 0.5) is 0 Å². The minimum absolute atomic E-state index is 0.532. The van der Waals surface area contributed by atoms with Gasteiger partial charge in [0.25, 0.3) is 0 Å². The van der Waals surface area contributed by atoms with E-state index < -0.39 is 0 Å². The highest BCUT2D eigenvalue weighted by atomic mass is 35.5. The van der Waals surface area contributed by atoms with E-state index in [0.29, 0.717) is 22.2 Å². The van der Waals surface area contributed by atoms with E-state index >= 15 is 0 Å². The maximum absolute atomic E-state index is 6.27. The lowest BCUT2D eigenvalue weighted by Crippen LogP contribution is -1.89. The molecule has 0 aliphatic heterocycles. The molecule has 5 aromatic rings. The van der Waals surface area contributed by atoms with Gasteiger partial charge in [0, 0.05) is 11.1 Å². The van der Waals surface area contributed by atoms with Crippen LogP contribution in [0, 0.1) is 0 Å².